The Hall–Kier alpha value is -4.22. The molecule has 3 N–H and O–H groups in total. The summed E-state index contributed by atoms with van der Waals surface area (Å²) in [5.74, 6) is -0.677. The maximum atomic E-state index is 13.3. The SMILES string of the molecule is CC1=C(C(=O)Nc2ccccc2)C(c2ccco2)C(C#N)=C(SCC(=O)Nc2ccc(C)c(C)c2)N1. The number of hydrogen-bond acceptors (Lipinski definition) is 6. The number of nitrogens with one attached hydrogen (secondary N) is 3. The number of rotatable bonds is 7. The fourth-order valence-electron chi connectivity index (χ4n) is 3.94. The lowest BCUT2D eigenvalue weighted by Crippen LogP contribution is -2.31. The third-order valence-electron chi connectivity index (χ3n) is 5.89. The summed E-state index contributed by atoms with van der Waals surface area (Å²) in [4.78, 5) is 26.0. The van der Waals surface area contributed by atoms with Crippen LogP contribution in [0.3, 0.4) is 0 Å². The average Bonchev–Trinajstić information content (AvgIpc) is 3.40. The van der Waals surface area contributed by atoms with E-state index in [2.05, 4.69) is 22.0 Å². The number of amides is 2. The van der Waals surface area contributed by atoms with Crippen LogP contribution in [-0.4, -0.2) is 17.6 Å². The summed E-state index contributed by atoms with van der Waals surface area (Å²) in [7, 11) is 0. The lowest BCUT2D eigenvalue weighted by atomic mass is 9.85. The van der Waals surface area contributed by atoms with E-state index < -0.39 is 5.92 Å². The molecule has 0 spiro atoms. The minimum atomic E-state index is -0.708. The van der Waals surface area contributed by atoms with Gasteiger partial charge in [-0.2, -0.15) is 5.26 Å². The van der Waals surface area contributed by atoms with E-state index in [0.29, 0.717) is 33.3 Å². The van der Waals surface area contributed by atoms with E-state index in [1.54, 1.807) is 31.2 Å². The molecule has 1 aromatic heterocycles. The van der Waals surface area contributed by atoms with Crippen molar-refractivity contribution in [2.24, 2.45) is 0 Å². The highest BCUT2D eigenvalue weighted by Gasteiger charge is 2.36. The molecule has 7 nitrogen and oxygen atoms in total. The molecule has 2 heterocycles. The van der Waals surface area contributed by atoms with Crippen molar-refractivity contribution >= 4 is 35.0 Å². The molecule has 2 aromatic carbocycles. The largest absolute Gasteiger partial charge is 0.468 e. The molecular formula is C28H26N4O3S. The van der Waals surface area contributed by atoms with Gasteiger partial charge in [-0.05, 0) is 68.3 Å². The van der Waals surface area contributed by atoms with E-state index >= 15 is 0 Å². The number of carbonyl (C=O) groups is 2. The van der Waals surface area contributed by atoms with E-state index in [1.165, 1.54) is 18.0 Å². The Morgan fingerprint density at radius 2 is 1.78 bits per heavy atom. The number of aryl methyl sites for hydroxylation is 2. The molecule has 1 atom stereocenters. The number of hydrogen-bond donors (Lipinski definition) is 3. The van der Waals surface area contributed by atoms with Gasteiger partial charge in [0.2, 0.25) is 5.91 Å². The Balaban J connectivity index is 1.57. The monoisotopic (exact) mass is 498 g/mol. The molecule has 1 unspecified atom stereocenters. The van der Waals surface area contributed by atoms with Crippen molar-refractivity contribution in [2.75, 3.05) is 16.4 Å². The van der Waals surface area contributed by atoms with Crippen LogP contribution in [0.25, 0.3) is 0 Å². The maximum absolute atomic E-state index is 13.3. The highest BCUT2D eigenvalue weighted by molar-refractivity contribution is 8.03. The molecule has 0 radical (unpaired) electrons. The molecule has 0 saturated carbocycles. The number of allylic oxidation sites excluding steroid dienone is 2. The second-order valence-electron chi connectivity index (χ2n) is 8.42. The van der Waals surface area contributed by atoms with Crippen LogP contribution in [0.2, 0.25) is 0 Å². The lowest BCUT2D eigenvalue weighted by Gasteiger charge is -2.28. The summed E-state index contributed by atoms with van der Waals surface area (Å²) in [5.41, 5.74) is 4.89. The average molecular weight is 499 g/mol. The predicted octanol–water partition coefficient (Wildman–Crippen LogP) is 5.60. The van der Waals surface area contributed by atoms with Gasteiger partial charge in [-0.1, -0.05) is 36.0 Å². The summed E-state index contributed by atoms with van der Waals surface area (Å²) in [6.45, 7) is 5.78. The van der Waals surface area contributed by atoms with Crippen molar-refractivity contribution < 1.29 is 14.0 Å². The molecule has 8 heteroatoms. The molecule has 2 amide bonds. The van der Waals surface area contributed by atoms with Gasteiger partial charge in [0.05, 0.1) is 40.2 Å². The van der Waals surface area contributed by atoms with Crippen molar-refractivity contribution in [3.63, 3.8) is 0 Å². The standard InChI is InChI=1S/C28H26N4O3S/c1-17-11-12-21(14-18(17)2)31-24(33)16-36-28-22(15-29)26(23-10-7-13-35-23)25(19(3)30-28)27(34)32-20-8-5-4-6-9-20/h4-14,26,30H,16H2,1-3H3,(H,31,33)(H,32,34). The van der Waals surface area contributed by atoms with Crippen LogP contribution in [0.4, 0.5) is 11.4 Å². The first-order chi connectivity index (χ1) is 17.4. The smallest absolute Gasteiger partial charge is 0.254 e. The van der Waals surface area contributed by atoms with Crippen molar-refractivity contribution in [3.8, 4) is 6.07 Å². The molecule has 0 bridgehead atoms. The number of benzene rings is 2. The van der Waals surface area contributed by atoms with Crippen LogP contribution in [0, 0.1) is 25.2 Å². The van der Waals surface area contributed by atoms with Crippen molar-refractivity contribution in [3.05, 3.63) is 106 Å². The van der Waals surface area contributed by atoms with Crippen LogP contribution in [0.1, 0.15) is 29.7 Å². The number of dihydropyridines is 1. The van der Waals surface area contributed by atoms with Gasteiger partial charge in [0.25, 0.3) is 5.91 Å². The molecule has 0 saturated heterocycles. The van der Waals surface area contributed by atoms with E-state index in [9.17, 15) is 14.9 Å². The molecule has 1 aliphatic rings. The van der Waals surface area contributed by atoms with Crippen molar-refractivity contribution in [2.45, 2.75) is 26.7 Å². The van der Waals surface area contributed by atoms with Gasteiger partial charge < -0.3 is 20.4 Å². The fourth-order valence-corrected chi connectivity index (χ4v) is 4.83. The van der Waals surface area contributed by atoms with Gasteiger partial charge in [-0.15, -0.1) is 0 Å². The second-order valence-corrected chi connectivity index (χ2v) is 9.41. The molecule has 0 aliphatic carbocycles. The van der Waals surface area contributed by atoms with Crippen LogP contribution >= 0.6 is 11.8 Å². The predicted molar refractivity (Wildman–Crippen MR) is 142 cm³/mol. The first-order valence-corrected chi connectivity index (χ1v) is 12.4. The molecule has 0 fully saturated rings. The van der Waals surface area contributed by atoms with Crippen LogP contribution in [-0.2, 0) is 9.59 Å². The molecule has 182 valence electrons. The minimum Gasteiger partial charge on any atom is -0.468 e. The number of thioether (sulfide) groups is 1. The Morgan fingerprint density at radius 3 is 2.44 bits per heavy atom. The Labute approximate surface area is 214 Å². The minimum absolute atomic E-state index is 0.0874. The number of carbonyl (C=O) groups excluding carboxylic acids is 2. The molecule has 1 aliphatic heterocycles. The van der Waals surface area contributed by atoms with Gasteiger partial charge >= 0.3 is 0 Å². The number of para-hydroxylation sites is 1. The van der Waals surface area contributed by atoms with E-state index in [0.717, 1.165) is 16.8 Å². The Morgan fingerprint density at radius 1 is 1.00 bits per heavy atom. The van der Waals surface area contributed by atoms with Gasteiger partial charge in [0, 0.05) is 17.1 Å². The summed E-state index contributed by atoms with van der Waals surface area (Å²) < 4.78 is 5.64. The quantitative estimate of drug-likeness (QED) is 0.391. The third-order valence-corrected chi connectivity index (χ3v) is 6.91. The molecule has 36 heavy (non-hydrogen) atoms. The molecule has 3 aromatic rings. The number of furan rings is 1. The fraction of sp³-hybridized carbons (Fsp3) is 0.179. The Bertz CT molecular complexity index is 1390. The first-order valence-electron chi connectivity index (χ1n) is 11.4. The normalized spacial score (nSPS) is 15.2. The first kappa shape index (κ1) is 24.9. The summed E-state index contributed by atoms with van der Waals surface area (Å²) >= 11 is 1.21. The second kappa shape index (κ2) is 11.0. The lowest BCUT2D eigenvalue weighted by molar-refractivity contribution is -0.114. The maximum Gasteiger partial charge on any atom is 0.254 e. The topological polar surface area (TPSA) is 107 Å². The van der Waals surface area contributed by atoms with Gasteiger partial charge in [0.1, 0.15) is 5.76 Å². The van der Waals surface area contributed by atoms with E-state index in [-0.39, 0.29) is 17.6 Å². The van der Waals surface area contributed by atoms with Crippen molar-refractivity contribution in [1.82, 2.24) is 5.32 Å². The van der Waals surface area contributed by atoms with Gasteiger partial charge in [-0.3, -0.25) is 9.59 Å². The van der Waals surface area contributed by atoms with Gasteiger partial charge in [-0.25, -0.2) is 0 Å². The zero-order valence-corrected chi connectivity index (χ0v) is 21.0. The number of nitrogens with zero attached hydrogens (tertiary/aromatic N) is 1. The van der Waals surface area contributed by atoms with E-state index in [1.807, 2.05) is 50.2 Å². The van der Waals surface area contributed by atoms with E-state index in [4.69, 9.17) is 4.42 Å². The highest BCUT2D eigenvalue weighted by Crippen LogP contribution is 2.41. The highest BCUT2D eigenvalue weighted by atomic mass is 32.2. The van der Waals surface area contributed by atoms with Crippen LogP contribution in [0.5, 0.6) is 0 Å². The zero-order valence-electron chi connectivity index (χ0n) is 20.2. The van der Waals surface area contributed by atoms with Crippen LogP contribution < -0.4 is 16.0 Å². The number of nitriles is 1. The third kappa shape index (κ3) is 5.53. The van der Waals surface area contributed by atoms with Crippen molar-refractivity contribution in [1.29, 1.82) is 5.26 Å². The molecular weight excluding hydrogens is 472 g/mol. The Kier molecular flexibility index (Phi) is 7.62. The number of anilines is 2. The van der Waals surface area contributed by atoms with Gasteiger partial charge in [0.15, 0.2) is 0 Å². The summed E-state index contributed by atoms with van der Waals surface area (Å²) in [5, 5.41) is 19.6. The summed E-state index contributed by atoms with van der Waals surface area (Å²) in [6.07, 6.45) is 1.51. The molecule has 4 rings (SSSR count). The zero-order chi connectivity index (χ0) is 25.7. The summed E-state index contributed by atoms with van der Waals surface area (Å²) in [6, 6.07) is 20.6. The van der Waals surface area contributed by atoms with Crippen LogP contribution in [0.15, 0.2) is 93.2 Å².